The number of nitrogens with one attached hydrogen (secondary N) is 1. The van der Waals surface area contributed by atoms with Gasteiger partial charge in [-0.25, -0.2) is 9.98 Å². The molecule has 0 aliphatic carbocycles. The first-order chi connectivity index (χ1) is 12.3. The van der Waals surface area contributed by atoms with Gasteiger partial charge >= 0.3 is 0 Å². The summed E-state index contributed by atoms with van der Waals surface area (Å²) < 4.78 is 2.10. The molecule has 6 heteroatoms. The number of aliphatic imine (C=N–C) groups is 1. The summed E-state index contributed by atoms with van der Waals surface area (Å²) in [4.78, 5) is 10.4. The zero-order valence-electron chi connectivity index (χ0n) is 13.3. The van der Waals surface area contributed by atoms with E-state index in [4.69, 9.17) is 5.73 Å². The second kappa shape index (κ2) is 5.46. The molecule has 0 amide bonds. The van der Waals surface area contributed by atoms with Gasteiger partial charge in [-0.15, -0.1) is 11.3 Å². The van der Waals surface area contributed by atoms with Crippen LogP contribution in [0, 0.1) is 0 Å². The molecule has 0 saturated carbocycles. The summed E-state index contributed by atoms with van der Waals surface area (Å²) in [6.45, 7) is 0. The van der Waals surface area contributed by atoms with Crippen LogP contribution in [0.25, 0.3) is 22.2 Å². The van der Waals surface area contributed by atoms with Gasteiger partial charge in [-0.2, -0.15) is 0 Å². The van der Waals surface area contributed by atoms with E-state index in [0.29, 0.717) is 5.96 Å². The Morgan fingerprint density at radius 3 is 2.68 bits per heavy atom. The number of anilines is 1. The Bertz CT molecular complexity index is 1090. The highest BCUT2D eigenvalue weighted by Crippen LogP contribution is 2.37. The summed E-state index contributed by atoms with van der Waals surface area (Å²) in [5.41, 5.74) is 10.4. The quantitative estimate of drug-likeness (QED) is 0.576. The van der Waals surface area contributed by atoms with E-state index >= 15 is 0 Å². The van der Waals surface area contributed by atoms with Crippen LogP contribution in [0.5, 0.6) is 0 Å². The van der Waals surface area contributed by atoms with Gasteiger partial charge in [-0.1, -0.05) is 42.5 Å². The van der Waals surface area contributed by atoms with Gasteiger partial charge in [-0.05, 0) is 34.7 Å². The maximum atomic E-state index is 6.01. The lowest BCUT2D eigenvalue weighted by Gasteiger charge is -2.22. The molecule has 25 heavy (non-hydrogen) atoms. The Kier molecular flexibility index (Phi) is 3.11. The smallest absolute Gasteiger partial charge is 0.212 e. The van der Waals surface area contributed by atoms with Crippen LogP contribution >= 0.6 is 11.3 Å². The third kappa shape index (κ3) is 2.30. The highest BCUT2D eigenvalue weighted by molar-refractivity contribution is 7.10. The van der Waals surface area contributed by atoms with E-state index in [9.17, 15) is 0 Å². The number of rotatable bonds is 2. The standard InChI is InChI=1S/C19H15N5S/c20-18-22-17(16-10-13(11-25-16)12-6-2-1-3-7-12)24-15-9-5-4-8-14(15)21-19(24)23-18/h1-11,17H,(H3,20,21,22,23). The van der Waals surface area contributed by atoms with E-state index in [1.807, 2.05) is 24.3 Å². The number of hydrogen-bond acceptors (Lipinski definition) is 5. The molecule has 1 unspecified atom stereocenters. The highest BCUT2D eigenvalue weighted by Gasteiger charge is 2.26. The average Bonchev–Trinajstić information content (AvgIpc) is 3.26. The van der Waals surface area contributed by atoms with Crippen LogP contribution in [-0.4, -0.2) is 15.5 Å². The fourth-order valence-electron chi connectivity index (χ4n) is 3.18. The van der Waals surface area contributed by atoms with Crippen molar-refractivity contribution in [1.29, 1.82) is 0 Å². The topological polar surface area (TPSA) is 68.2 Å². The number of nitrogens with zero attached hydrogens (tertiary/aromatic N) is 3. The number of aromatic nitrogens is 2. The summed E-state index contributed by atoms with van der Waals surface area (Å²) in [5.74, 6) is 1.12. The van der Waals surface area contributed by atoms with Crippen LogP contribution in [-0.2, 0) is 0 Å². The van der Waals surface area contributed by atoms with E-state index in [0.717, 1.165) is 21.9 Å². The fraction of sp³-hybridized carbons (Fsp3) is 0.0526. The number of hydrogen-bond donors (Lipinski definition) is 2. The summed E-state index contributed by atoms with van der Waals surface area (Å²) in [6.07, 6.45) is -0.203. The van der Waals surface area contributed by atoms with Gasteiger partial charge in [0.2, 0.25) is 5.95 Å². The molecule has 1 atom stereocenters. The predicted molar refractivity (Wildman–Crippen MR) is 103 cm³/mol. The van der Waals surface area contributed by atoms with E-state index in [-0.39, 0.29) is 6.17 Å². The second-order valence-electron chi connectivity index (χ2n) is 5.91. The Morgan fingerprint density at radius 2 is 1.80 bits per heavy atom. The van der Waals surface area contributed by atoms with Crippen LogP contribution in [0.2, 0.25) is 0 Å². The molecule has 0 saturated heterocycles. The number of benzene rings is 2. The molecule has 3 N–H and O–H groups in total. The molecule has 4 aromatic rings. The van der Waals surface area contributed by atoms with E-state index < -0.39 is 0 Å². The number of imidazole rings is 1. The molecule has 122 valence electrons. The van der Waals surface area contributed by atoms with Gasteiger partial charge in [0.1, 0.15) is 0 Å². The molecule has 0 bridgehead atoms. The Hall–Kier alpha value is -3.12. The lowest BCUT2D eigenvalue weighted by molar-refractivity contribution is 0.637. The third-order valence-corrected chi connectivity index (χ3v) is 5.30. The van der Waals surface area contributed by atoms with Crippen LogP contribution in [0.4, 0.5) is 5.95 Å². The van der Waals surface area contributed by atoms with Crippen molar-refractivity contribution in [3.63, 3.8) is 0 Å². The van der Waals surface area contributed by atoms with E-state index in [1.165, 1.54) is 11.1 Å². The van der Waals surface area contributed by atoms with Crippen LogP contribution < -0.4 is 11.1 Å². The Morgan fingerprint density at radius 1 is 1.00 bits per heavy atom. The van der Waals surface area contributed by atoms with Gasteiger partial charge in [0.25, 0.3) is 0 Å². The summed E-state index contributed by atoms with van der Waals surface area (Å²) in [6, 6.07) is 20.6. The molecule has 5 rings (SSSR count). The molecular formula is C19H15N5S. The zero-order valence-corrected chi connectivity index (χ0v) is 14.1. The number of para-hydroxylation sites is 2. The third-order valence-electron chi connectivity index (χ3n) is 4.32. The van der Waals surface area contributed by atoms with Gasteiger partial charge in [-0.3, -0.25) is 9.88 Å². The van der Waals surface area contributed by atoms with Crippen LogP contribution in [0.3, 0.4) is 0 Å². The molecule has 0 spiro atoms. The number of nitrogens with two attached hydrogens (primary N) is 1. The average molecular weight is 345 g/mol. The maximum absolute atomic E-state index is 6.01. The highest BCUT2D eigenvalue weighted by atomic mass is 32.1. The first-order valence-electron chi connectivity index (χ1n) is 8.01. The van der Waals surface area contributed by atoms with Gasteiger partial charge < -0.3 is 5.73 Å². The molecule has 1 aliphatic heterocycles. The monoisotopic (exact) mass is 345 g/mol. The number of guanidine groups is 1. The Balaban J connectivity index is 1.65. The van der Waals surface area contributed by atoms with Crippen LogP contribution in [0.1, 0.15) is 11.0 Å². The molecule has 3 heterocycles. The minimum Gasteiger partial charge on any atom is -0.370 e. The van der Waals surface area contributed by atoms with Crippen molar-refractivity contribution in [2.75, 3.05) is 5.32 Å². The van der Waals surface area contributed by atoms with Crippen LogP contribution in [0.15, 0.2) is 71.0 Å². The molecule has 1 aliphatic rings. The summed E-state index contributed by atoms with van der Waals surface area (Å²) in [5, 5.41) is 5.24. The lowest BCUT2D eigenvalue weighted by Crippen LogP contribution is -2.31. The molecule has 0 radical (unpaired) electrons. The minimum atomic E-state index is -0.203. The normalized spacial score (nSPS) is 16.3. The Labute approximate surface area is 148 Å². The van der Waals surface area contributed by atoms with Crippen molar-refractivity contribution in [2.45, 2.75) is 6.17 Å². The summed E-state index contributed by atoms with van der Waals surface area (Å²) in [7, 11) is 0. The molecule has 0 fully saturated rings. The first kappa shape index (κ1) is 14.2. The van der Waals surface area contributed by atoms with Crippen molar-refractivity contribution < 1.29 is 0 Å². The summed E-state index contributed by atoms with van der Waals surface area (Å²) >= 11 is 1.69. The fourth-order valence-corrected chi connectivity index (χ4v) is 4.12. The minimum absolute atomic E-state index is 0.203. The van der Waals surface area contributed by atoms with Gasteiger partial charge in [0.05, 0.1) is 15.9 Å². The van der Waals surface area contributed by atoms with Crippen molar-refractivity contribution in [3.05, 3.63) is 70.9 Å². The second-order valence-corrected chi connectivity index (χ2v) is 6.85. The van der Waals surface area contributed by atoms with Crippen molar-refractivity contribution in [2.24, 2.45) is 10.7 Å². The van der Waals surface area contributed by atoms with Crippen molar-refractivity contribution in [3.8, 4) is 11.1 Å². The van der Waals surface area contributed by atoms with E-state index in [2.05, 4.69) is 61.6 Å². The zero-order chi connectivity index (χ0) is 16.8. The largest absolute Gasteiger partial charge is 0.370 e. The van der Waals surface area contributed by atoms with Gasteiger partial charge in [0, 0.05) is 0 Å². The predicted octanol–water partition coefficient (Wildman–Crippen LogP) is 4.05. The lowest BCUT2D eigenvalue weighted by atomic mass is 10.1. The molecule has 2 aromatic heterocycles. The number of fused-ring (bicyclic) bond motifs is 3. The van der Waals surface area contributed by atoms with Gasteiger partial charge in [0.15, 0.2) is 12.1 Å². The van der Waals surface area contributed by atoms with E-state index in [1.54, 1.807) is 11.3 Å². The maximum Gasteiger partial charge on any atom is 0.212 e. The van der Waals surface area contributed by atoms with Crippen molar-refractivity contribution >= 4 is 34.3 Å². The molecule has 2 aromatic carbocycles. The first-order valence-corrected chi connectivity index (χ1v) is 8.89. The SMILES string of the molecule is NC1=NC(c2cc(-c3ccccc3)cs2)n2c(nc3ccccc32)N1. The molecular weight excluding hydrogens is 330 g/mol. The number of thiophene rings is 1. The molecule has 5 nitrogen and oxygen atoms in total. The van der Waals surface area contributed by atoms with Crippen molar-refractivity contribution in [1.82, 2.24) is 9.55 Å².